The number of hydrogen-bond acceptors (Lipinski definition) is 4. The molecule has 4 nitrogen and oxygen atoms in total. The summed E-state index contributed by atoms with van der Waals surface area (Å²) in [5.41, 5.74) is 0.542. The summed E-state index contributed by atoms with van der Waals surface area (Å²) < 4.78 is 39.2. The Morgan fingerprint density at radius 1 is 1.00 bits per heavy atom. The van der Waals surface area contributed by atoms with Crippen molar-refractivity contribution in [3.63, 3.8) is 0 Å². The van der Waals surface area contributed by atoms with E-state index < -0.39 is 11.7 Å². The number of rotatable bonds is 1. The molecule has 0 atom stereocenters. The van der Waals surface area contributed by atoms with E-state index in [0.717, 1.165) is 38.1 Å². The van der Waals surface area contributed by atoms with Crippen molar-refractivity contribution in [3.8, 4) is 0 Å². The Morgan fingerprint density at radius 3 is 2.48 bits per heavy atom. The van der Waals surface area contributed by atoms with Crippen LogP contribution in [0, 0.1) is 0 Å². The molecule has 0 unspecified atom stereocenters. The van der Waals surface area contributed by atoms with Crippen molar-refractivity contribution in [1.82, 2.24) is 14.9 Å². The first kappa shape index (κ1) is 16.1. The van der Waals surface area contributed by atoms with E-state index >= 15 is 0 Å². The largest absolute Gasteiger partial charge is 0.416 e. The Balaban J connectivity index is 1.93. The maximum absolute atomic E-state index is 13.1. The molecule has 1 aliphatic heterocycles. The molecule has 1 aliphatic rings. The molecular weight excluding hydrogens is 329 g/mol. The Labute approximate surface area is 142 Å². The average molecular weight is 346 g/mol. The number of halogens is 3. The minimum absolute atomic E-state index is 0.482. The average Bonchev–Trinajstić information content (AvgIpc) is 2.60. The zero-order valence-corrected chi connectivity index (χ0v) is 13.7. The van der Waals surface area contributed by atoms with Gasteiger partial charge in [0.1, 0.15) is 5.52 Å². The van der Waals surface area contributed by atoms with Crippen molar-refractivity contribution in [2.45, 2.75) is 6.18 Å². The van der Waals surface area contributed by atoms with Gasteiger partial charge in [0.05, 0.1) is 11.1 Å². The number of piperazine rings is 1. The van der Waals surface area contributed by atoms with E-state index in [2.05, 4.69) is 26.8 Å². The lowest BCUT2D eigenvalue weighted by Crippen LogP contribution is -2.45. The Hall–Kier alpha value is -2.41. The van der Waals surface area contributed by atoms with Crippen LogP contribution in [0.15, 0.2) is 36.5 Å². The molecule has 3 aromatic rings. The molecule has 7 heteroatoms. The fourth-order valence-corrected chi connectivity index (χ4v) is 3.23. The van der Waals surface area contributed by atoms with Crippen molar-refractivity contribution in [2.75, 3.05) is 38.1 Å². The fraction of sp³-hybridized carbons (Fsp3) is 0.333. The van der Waals surface area contributed by atoms with Crippen LogP contribution >= 0.6 is 0 Å². The maximum Gasteiger partial charge on any atom is 0.416 e. The lowest BCUT2D eigenvalue weighted by molar-refractivity contribution is -0.137. The quantitative estimate of drug-likeness (QED) is 0.631. The minimum atomic E-state index is -4.38. The van der Waals surface area contributed by atoms with Gasteiger partial charge in [-0.05, 0) is 31.3 Å². The fourth-order valence-electron chi connectivity index (χ4n) is 3.23. The third-order valence-electron chi connectivity index (χ3n) is 4.66. The first-order chi connectivity index (χ1) is 11.9. The SMILES string of the molecule is CN1CCN(c2nc3ccc(C(F)(F)F)cc3c3cccnc23)CC1. The van der Waals surface area contributed by atoms with Gasteiger partial charge >= 0.3 is 6.18 Å². The van der Waals surface area contributed by atoms with Gasteiger partial charge in [-0.3, -0.25) is 4.98 Å². The Kier molecular flexibility index (Phi) is 3.76. The van der Waals surface area contributed by atoms with Gasteiger partial charge in [-0.2, -0.15) is 13.2 Å². The number of fused-ring (bicyclic) bond motifs is 3. The summed E-state index contributed by atoms with van der Waals surface area (Å²) in [4.78, 5) is 13.5. The van der Waals surface area contributed by atoms with Crippen molar-refractivity contribution in [1.29, 1.82) is 0 Å². The first-order valence-electron chi connectivity index (χ1n) is 8.13. The lowest BCUT2D eigenvalue weighted by atomic mass is 10.1. The number of nitrogens with zero attached hydrogens (tertiary/aromatic N) is 4. The number of aromatic nitrogens is 2. The smallest absolute Gasteiger partial charge is 0.352 e. The zero-order valence-electron chi connectivity index (χ0n) is 13.7. The monoisotopic (exact) mass is 346 g/mol. The number of benzene rings is 1. The van der Waals surface area contributed by atoms with Gasteiger partial charge in [-0.15, -0.1) is 0 Å². The molecule has 0 saturated carbocycles. The van der Waals surface area contributed by atoms with Crippen molar-refractivity contribution in [2.24, 2.45) is 0 Å². The van der Waals surface area contributed by atoms with Gasteiger partial charge in [-0.1, -0.05) is 6.07 Å². The molecule has 4 rings (SSSR count). The van der Waals surface area contributed by atoms with Crippen LogP contribution in [0.1, 0.15) is 5.56 Å². The highest BCUT2D eigenvalue weighted by molar-refractivity contribution is 6.08. The Morgan fingerprint density at radius 2 is 1.76 bits per heavy atom. The van der Waals surface area contributed by atoms with Crippen LogP contribution < -0.4 is 4.90 Å². The molecule has 1 saturated heterocycles. The zero-order chi connectivity index (χ0) is 17.6. The topological polar surface area (TPSA) is 32.3 Å². The molecule has 1 fully saturated rings. The Bertz CT molecular complexity index is 931. The van der Waals surface area contributed by atoms with Gasteiger partial charge in [0.15, 0.2) is 5.82 Å². The van der Waals surface area contributed by atoms with E-state index in [1.54, 1.807) is 12.3 Å². The van der Waals surface area contributed by atoms with E-state index in [4.69, 9.17) is 0 Å². The summed E-state index contributed by atoms with van der Waals surface area (Å²) in [6.07, 6.45) is -2.72. The summed E-state index contributed by atoms with van der Waals surface area (Å²) in [6, 6.07) is 7.26. The van der Waals surface area contributed by atoms with Crippen LogP contribution in [0.2, 0.25) is 0 Å². The molecular formula is C18H17F3N4. The van der Waals surface area contributed by atoms with Gasteiger partial charge in [0, 0.05) is 43.1 Å². The van der Waals surface area contributed by atoms with Crippen LogP contribution in [-0.4, -0.2) is 48.1 Å². The number of alkyl halides is 3. The molecule has 130 valence electrons. The lowest BCUT2D eigenvalue weighted by Gasteiger charge is -2.33. The number of hydrogen-bond donors (Lipinski definition) is 0. The molecule has 0 radical (unpaired) electrons. The standard InChI is InChI=1S/C18H17F3N4/c1-24-7-9-25(10-8-24)17-16-13(3-2-6-22-16)14-11-12(18(19,20)21)4-5-15(14)23-17/h2-6,11H,7-10H2,1H3. The highest BCUT2D eigenvalue weighted by Crippen LogP contribution is 2.35. The molecule has 2 aromatic heterocycles. The number of anilines is 1. The maximum atomic E-state index is 13.1. The van der Waals surface area contributed by atoms with Crippen molar-refractivity contribution in [3.05, 3.63) is 42.1 Å². The van der Waals surface area contributed by atoms with E-state index in [1.165, 1.54) is 12.1 Å². The van der Waals surface area contributed by atoms with Crippen molar-refractivity contribution < 1.29 is 13.2 Å². The minimum Gasteiger partial charge on any atom is -0.352 e. The van der Waals surface area contributed by atoms with Crippen molar-refractivity contribution >= 4 is 27.6 Å². The normalized spacial score (nSPS) is 16.7. The van der Waals surface area contributed by atoms with Crippen LogP contribution in [0.25, 0.3) is 21.8 Å². The molecule has 1 aromatic carbocycles. The molecule has 0 aliphatic carbocycles. The first-order valence-corrected chi connectivity index (χ1v) is 8.13. The van der Waals surface area contributed by atoms with E-state index in [9.17, 15) is 13.2 Å². The van der Waals surface area contributed by atoms with Crippen LogP contribution in [0.5, 0.6) is 0 Å². The third-order valence-corrected chi connectivity index (χ3v) is 4.66. The van der Waals surface area contributed by atoms with E-state index in [0.29, 0.717) is 21.8 Å². The summed E-state index contributed by atoms with van der Waals surface area (Å²) in [7, 11) is 2.07. The second kappa shape index (κ2) is 5.84. The second-order valence-electron chi connectivity index (χ2n) is 6.35. The summed E-state index contributed by atoms with van der Waals surface area (Å²) >= 11 is 0. The number of pyridine rings is 2. The summed E-state index contributed by atoms with van der Waals surface area (Å²) in [6.45, 7) is 3.48. The molecule has 0 spiro atoms. The van der Waals surface area contributed by atoms with Gasteiger partial charge in [0.25, 0.3) is 0 Å². The third kappa shape index (κ3) is 2.89. The van der Waals surface area contributed by atoms with Crippen LogP contribution in [-0.2, 0) is 6.18 Å². The van der Waals surface area contributed by atoms with E-state index in [1.807, 2.05) is 6.07 Å². The molecule has 0 bridgehead atoms. The number of likely N-dealkylation sites (N-methyl/N-ethyl adjacent to an activating group) is 1. The van der Waals surface area contributed by atoms with Gasteiger partial charge < -0.3 is 9.80 Å². The predicted molar refractivity (Wildman–Crippen MR) is 91.8 cm³/mol. The summed E-state index contributed by atoms with van der Waals surface area (Å²) in [5, 5.41) is 1.18. The van der Waals surface area contributed by atoms with Gasteiger partial charge in [-0.25, -0.2) is 4.98 Å². The summed E-state index contributed by atoms with van der Waals surface area (Å²) in [5.74, 6) is 0.746. The molecule has 0 amide bonds. The van der Waals surface area contributed by atoms with Crippen LogP contribution in [0.4, 0.5) is 19.0 Å². The predicted octanol–water partition coefficient (Wildman–Crippen LogP) is 3.55. The highest BCUT2D eigenvalue weighted by Gasteiger charge is 2.31. The molecule has 0 N–H and O–H groups in total. The molecule has 25 heavy (non-hydrogen) atoms. The molecule has 3 heterocycles. The van der Waals surface area contributed by atoms with Gasteiger partial charge in [0.2, 0.25) is 0 Å². The van der Waals surface area contributed by atoms with E-state index in [-0.39, 0.29) is 0 Å². The van der Waals surface area contributed by atoms with Crippen LogP contribution in [0.3, 0.4) is 0 Å². The second-order valence-corrected chi connectivity index (χ2v) is 6.35. The highest BCUT2D eigenvalue weighted by atomic mass is 19.4.